The van der Waals surface area contributed by atoms with Crippen molar-refractivity contribution < 1.29 is 14.2 Å². The van der Waals surface area contributed by atoms with E-state index >= 15 is 0 Å². The van der Waals surface area contributed by atoms with Gasteiger partial charge in [-0.1, -0.05) is 48.1 Å². The Morgan fingerprint density at radius 3 is 2.65 bits per heavy atom. The number of likely N-dealkylation sites (N-methyl/N-ethyl adjacent to an activating group) is 2. The third kappa shape index (κ3) is 3.19. The molecule has 3 amide bonds. The van der Waals surface area contributed by atoms with Crippen LogP contribution in [0.2, 0.25) is 5.02 Å². The van der Waals surface area contributed by atoms with Crippen molar-refractivity contribution in [1.29, 1.82) is 0 Å². The molecule has 2 aliphatic heterocycles. The molecule has 1 fully saturated rings. The van der Waals surface area contributed by atoms with Gasteiger partial charge in [-0.3, -0.25) is 19.9 Å². The number of halogens is 1. The predicted octanol–water partition coefficient (Wildman–Crippen LogP) is 1.90. The van der Waals surface area contributed by atoms with Crippen molar-refractivity contribution in [2.45, 2.75) is 32.4 Å². The van der Waals surface area contributed by atoms with Crippen LogP contribution in [-0.4, -0.2) is 64.8 Å². The number of nitrogens with one attached hydrogen (secondary N) is 1. The van der Waals surface area contributed by atoms with Crippen LogP contribution in [0.15, 0.2) is 29.3 Å². The van der Waals surface area contributed by atoms with Gasteiger partial charge in [-0.15, -0.1) is 0 Å². The van der Waals surface area contributed by atoms with Gasteiger partial charge in [0, 0.05) is 24.7 Å². The van der Waals surface area contributed by atoms with Gasteiger partial charge in [-0.05, 0) is 12.5 Å². The topological polar surface area (TPSA) is 68.0 Å². The van der Waals surface area contributed by atoms with Crippen molar-refractivity contribution in [3.8, 4) is 0 Å². The molecule has 2 heterocycles. The molecule has 0 bridgehead atoms. The van der Waals surface area contributed by atoms with Gasteiger partial charge in [0.05, 0.1) is 13.1 Å². The number of unbranched alkanes of at least 4 members (excludes halogenated alkanes) is 1. The maximum absolute atomic E-state index is 12.8. The average molecular weight is 377 g/mol. The van der Waals surface area contributed by atoms with Gasteiger partial charge in [-0.2, -0.15) is 0 Å². The zero-order valence-electron chi connectivity index (χ0n) is 15.2. The number of hydrogen-bond acceptors (Lipinski definition) is 4. The van der Waals surface area contributed by atoms with E-state index in [0.29, 0.717) is 23.4 Å². The number of fused-ring (bicyclic) bond motifs is 1. The lowest BCUT2D eigenvalue weighted by Gasteiger charge is -2.31. The van der Waals surface area contributed by atoms with Crippen LogP contribution in [0.5, 0.6) is 0 Å². The molecule has 0 aromatic heterocycles. The first-order chi connectivity index (χ1) is 12.5. The van der Waals surface area contributed by atoms with Gasteiger partial charge in [0.2, 0.25) is 11.9 Å². The molecule has 0 saturated carbocycles. The molecule has 2 aliphatic rings. The number of nitrogens with zero attached hydrogens (tertiary/aromatic N) is 4. The van der Waals surface area contributed by atoms with Crippen molar-refractivity contribution in [2.75, 3.05) is 20.6 Å². The lowest BCUT2D eigenvalue weighted by molar-refractivity contribution is -0.553. The summed E-state index contributed by atoms with van der Waals surface area (Å²) in [6.45, 7) is 3.28. The quantitative estimate of drug-likeness (QED) is 0.630. The summed E-state index contributed by atoms with van der Waals surface area (Å²) in [4.78, 5) is 32.2. The molecule has 3 rings (SSSR count). The fourth-order valence-corrected chi connectivity index (χ4v) is 3.29. The number of amidine groups is 1. The summed E-state index contributed by atoms with van der Waals surface area (Å²) in [6.07, 6.45) is 2.03. The normalized spacial score (nSPS) is 19.8. The van der Waals surface area contributed by atoms with Gasteiger partial charge in [0.15, 0.2) is 0 Å². The highest BCUT2D eigenvalue weighted by molar-refractivity contribution is 6.31. The number of amides is 3. The standard InChI is InChI=1S/C18H22ClN5O2/c1-4-5-10-20-17-21-15-14(16(25)23(3)18(26)22(15)2)24(17)11-12-8-6-7-9-13(12)19/h6-9,14H,4-5,10-11H2,1-3H3/p+1. The lowest BCUT2D eigenvalue weighted by Crippen LogP contribution is -2.61. The molecule has 26 heavy (non-hydrogen) atoms. The summed E-state index contributed by atoms with van der Waals surface area (Å²) < 4.78 is 1.88. The van der Waals surface area contributed by atoms with E-state index in [9.17, 15) is 9.59 Å². The van der Waals surface area contributed by atoms with E-state index in [1.54, 1.807) is 7.05 Å². The summed E-state index contributed by atoms with van der Waals surface area (Å²) in [5.41, 5.74) is 0.899. The monoisotopic (exact) mass is 376 g/mol. The van der Waals surface area contributed by atoms with Crippen molar-refractivity contribution >= 4 is 35.3 Å². The van der Waals surface area contributed by atoms with Crippen LogP contribution in [0.1, 0.15) is 25.3 Å². The van der Waals surface area contributed by atoms with E-state index in [1.165, 1.54) is 11.9 Å². The smallest absolute Gasteiger partial charge is 0.275 e. The summed E-state index contributed by atoms with van der Waals surface area (Å²) in [6, 6.07) is 6.52. The molecule has 0 spiro atoms. The van der Waals surface area contributed by atoms with Crippen LogP contribution >= 0.6 is 11.6 Å². The number of aliphatic imine (C=N–C) groups is 1. The number of carbonyl (C=O) groups is 2. The summed E-state index contributed by atoms with van der Waals surface area (Å²) in [7, 11) is 3.13. The maximum atomic E-state index is 12.8. The molecule has 1 aromatic rings. The van der Waals surface area contributed by atoms with Crippen LogP contribution < -0.4 is 5.32 Å². The highest BCUT2D eigenvalue weighted by Gasteiger charge is 2.51. The van der Waals surface area contributed by atoms with E-state index in [-0.39, 0.29) is 11.9 Å². The largest absolute Gasteiger partial charge is 0.390 e. The second-order valence-electron chi connectivity index (χ2n) is 6.43. The van der Waals surface area contributed by atoms with Crippen LogP contribution in [0.25, 0.3) is 0 Å². The third-order valence-electron chi connectivity index (χ3n) is 4.64. The van der Waals surface area contributed by atoms with E-state index in [2.05, 4.69) is 17.2 Å². The summed E-state index contributed by atoms with van der Waals surface area (Å²) in [5, 5.41) is 3.94. The van der Waals surface area contributed by atoms with Gasteiger partial charge in [0.1, 0.15) is 0 Å². The highest BCUT2D eigenvalue weighted by atomic mass is 35.5. The maximum Gasteiger partial charge on any atom is 0.390 e. The molecule has 1 saturated heterocycles. The first kappa shape index (κ1) is 18.4. The lowest BCUT2D eigenvalue weighted by atomic mass is 10.1. The number of rotatable bonds is 5. The number of benzene rings is 1. The first-order valence-corrected chi connectivity index (χ1v) is 9.08. The van der Waals surface area contributed by atoms with Crippen molar-refractivity contribution in [3.63, 3.8) is 0 Å². The second-order valence-corrected chi connectivity index (χ2v) is 6.84. The number of imide groups is 1. The van der Waals surface area contributed by atoms with E-state index in [0.717, 1.165) is 29.8 Å². The predicted molar refractivity (Wildman–Crippen MR) is 100 cm³/mol. The van der Waals surface area contributed by atoms with Gasteiger partial charge < -0.3 is 0 Å². The molecule has 1 aromatic carbocycles. The summed E-state index contributed by atoms with van der Waals surface area (Å²) >= 11 is 6.32. The van der Waals surface area contributed by atoms with E-state index in [1.807, 2.05) is 28.8 Å². The Morgan fingerprint density at radius 2 is 1.96 bits per heavy atom. The molecule has 1 atom stereocenters. The Hall–Kier alpha value is -2.41. The third-order valence-corrected chi connectivity index (χ3v) is 5.01. The Balaban J connectivity index is 1.98. The number of guanidine groups is 1. The number of urea groups is 1. The van der Waals surface area contributed by atoms with Crippen LogP contribution in [0, 0.1) is 0 Å². The van der Waals surface area contributed by atoms with Gasteiger partial charge in [0.25, 0.3) is 5.91 Å². The Bertz CT molecular complexity index is 805. The minimum Gasteiger partial charge on any atom is -0.275 e. The van der Waals surface area contributed by atoms with Crippen molar-refractivity contribution in [1.82, 2.24) is 15.1 Å². The van der Waals surface area contributed by atoms with E-state index < -0.39 is 6.04 Å². The first-order valence-electron chi connectivity index (χ1n) is 8.70. The number of carbonyl (C=O) groups excluding carboxylic acids is 2. The second kappa shape index (κ2) is 7.45. The zero-order chi connectivity index (χ0) is 18.8. The Labute approximate surface area is 157 Å². The molecule has 1 N–H and O–H groups in total. The molecule has 8 heteroatoms. The summed E-state index contributed by atoms with van der Waals surface area (Å²) in [5.74, 6) is 0.761. The van der Waals surface area contributed by atoms with Crippen molar-refractivity contribution in [3.05, 3.63) is 34.9 Å². The van der Waals surface area contributed by atoms with Crippen LogP contribution in [-0.2, 0) is 11.3 Å². The van der Waals surface area contributed by atoms with Gasteiger partial charge >= 0.3 is 12.0 Å². The van der Waals surface area contributed by atoms with E-state index in [4.69, 9.17) is 11.6 Å². The fraction of sp³-hybridized carbons (Fsp3) is 0.444. The highest BCUT2D eigenvalue weighted by Crippen LogP contribution is 2.22. The fourth-order valence-electron chi connectivity index (χ4n) is 3.09. The zero-order valence-corrected chi connectivity index (χ0v) is 16.0. The average Bonchev–Trinajstić information content (AvgIpc) is 2.99. The Kier molecular flexibility index (Phi) is 5.27. The minimum atomic E-state index is -0.636. The Morgan fingerprint density at radius 1 is 1.23 bits per heavy atom. The molecular weight excluding hydrogens is 354 g/mol. The molecule has 0 aliphatic carbocycles. The molecule has 138 valence electrons. The minimum absolute atomic E-state index is 0.286. The van der Waals surface area contributed by atoms with Crippen LogP contribution in [0.3, 0.4) is 0 Å². The molecule has 7 nitrogen and oxygen atoms in total. The molecule has 0 radical (unpaired) electrons. The SMILES string of the molecule is CCCCNC1=[N+](Cc2ccccc2Cl)C2C(=O)N(C)C(=O)N(C)C2=N1. The van der Waals surface area contributed by atoms with Gasteiger partial charge in [-0.25, -0.2) is 9.37 Å². The molecular formula is C18H23ClN5O2+. The van der Waals surface area contributed by atoms with Crippen LogP contribution in [0.4, 0.5) is 4.79 Å². The number of hydrogen-bond donors (Lipinski definition) is 1. The van der Waals surface area contributed by atoms with Crippen molar-refractivity contribution in [2.24, 2.45) is 4.99 Å². The molecule has 1 unspecified atom stereocenters.